The van der Waals surface area contributed by atoms with E-state index in [0.717, 1.165) is 11.8 Å². The van der Waals surface area contributed by atoms with E-state index < -0.39 is 22.4 Å². The molecule has 0 fully saturated rings. The Morgan fingerprint density at radius 1 is 1.25 bits per heavy atom. The summed E-state index contributed by atoms with van der Waals surface area (Å²) in [5.74, 6) is -1.04. The van der Waals surface area contributed by atoms with Crippen LogP contribution >= 0.6 is 11.8 Å². The minimum atomic E-state index is -0.690. The minimum Gasteiger partial charge on any atom is -0.459 e. The highest BCUT2D eigenvalue weighted by molar-refractivity contribution is 7.99. The van der Waals surface area contributed by atoms with Crippen LogP contribution in [-0.2, 0) is 16.6 Å². The lowest BCUT2D eigenvalue weighted by Crippen LogP contribution is -2.42. The van der Waals surface area contributed by atoms with Crippen molar-refractivity contribution in [3.05, 3.63) is 40.2 Å². The van der Waals surface area contributed by atoms with Crippen LogP contribution in [0.25, 0.3) is 0 Å². The van der Waals surface area contributed by atoms with Gasteiger partial charge < -0.3 is 19.1 Å². The summed E-state index contributed by atoms with van der Waals surface area (Å²) in [6.45, 7) is 5.74. The third-order valence-corrected chi connectivity index (χ3v) is 5.24. The quantitative estimate of drug-likeness (QED) is 0.312. The molecule has 2 aromatic rings. The fourth-order valence-electron chi connectivity index (χ4n) is 2.63. The highest BCUT2D eigenvalue weighted by Crippen LogP contribution is 2.34. The molecule has 0 aliphatic rings. The Morgan fingerprint density at radius 3 is 2.47 bits per heavy atom. The molecule has 0 N–H and O–H groups in total. The number of carbonyl (C=O) groups excluding carboxylic acids is 2. The molecule has 12 heteroatoms. The molecule has 0 saturated carbocycles. The number of ether oxygens (including phenoxy) is 1. The molecule has 0 unspecified atom stereocenters. The van der Waals surface area contributed by atoms with Gasteiger partial charge in [-0.25, -0.2) is 0 Å². The fourth-order valence-corrected chi connectivity index (χ4v) is 3.48. The average Bonchev–Trinajstić information content (AvgIpc) is 3.07. The first-order valence-corrected chi connectivity index (χ1v) is 10.6. The lowest BCUT2D eigenvalue weighted by Gasteiger charge is -2.26. The molecule has 0 bridgehead atoms. The number of hydrogen-bond donors (Lipinski definition) is 0. The molecule has 0 aliphatic heterocycles. The van der Waals surface area contributed by atoms with E-state index in [0.29, 0.717) is 16.6 Å². The second-order valence-corrected chi connectivity index (χ2v) is 9.39. The summed E-state index contributed by atoms with van der Waals surface area (Å²) in [4.78, 5) is 40.2. The second-order valence-electron chi connectivity index (χ2n) is 8.38. The van der Waals surface area contributed by atoms with Gasteiger partial charge in [-0.1, -0.05) is 0 Å². The van der Waals surface area contributed by atoms with Gasteiger partial charge in [0.1, 0.15) is 18.5 Å². The summed E-state index contributed by atoms with van der Waals surface area (Å²) in [6, 6.07) is 4.23. The Hall–Kier alpha value is -2.99. The van der Waals surface area contributed by atoms with Gasteiger partial charge in [-0.3, -0.25) is 19.7 Å². The molecule has 0 saturated heterocycles. The van der Waals surface area contributed by atoms with Crippen LogP contribution in [0.2, 0.25) is 0 Å². The van der Waals surface area contributed by atoms with Gasteiger partial charge in [0.2, 0.25) is 0 Å². The summed E-state index contributed by atoms with van der Waals surface area (Å²) < 4.78 is 6.98. The largest absolute Gasteiger partial charge is 0.459 e. The van der Waals surface area contributed by atoms with Gasteiger partial charge in [0.25, 0.3) is 11.6 Å². The van der Waals surface area contributed by atoms with Crippen molar-refractivity contribution in [2.24, 2.45) is 7.05 Å². The Balaban J connectivity index is 2.30. The van der Waals surface area contributed by atoms with Crippen LogP contribution in [0.4, 0.5) is 5.69 Å². The number of nitro groups is 1. The number of aryl methyl sites for hydroxylation is 1. The van der Waals surface area contributed by atoms with Crippen LogP contribution < -0.4 is 0 Å². The van der Waals surface area contributed by atoms with Crippen LogP contribution in [0.15, 0.2) is 34.6 Å². The molecule has 0 aliphatic carbocycles. The van der Waals surface area contributed by atoms with E-state index in [4.69, 9.17) is 4.74 Å². The SMILES string of the molecule is CN(C)CCN(CC(=O)OC(C)(C)C)C(=O)c1ccc(Sc2nncn2C)c([N+](=O)[O-])c1. The molecule has 1 amide bonds. The van der Waals surface area contributed by atoms with Gasteiger partial charge in [-0.2, -0.15) is 0 Å². The maximum atomic E-state index is 13.2. The lowest BCUT2D eigenvalue weighted by molar-refractivity contribution is -0.387. The van der Waals surface area contributed by atoms with E-state index in [9.17, 15) is 19.7 Å². The minimum absolute atomic E-state index is 0.112. The van der Waals surface area contributed by atoms with Crippen molar-refractivity contribution < 1.29 is 19.2 Å². The molecule has 32 heavy (non-hydrogen) atoms. The first-order valence-electron chi connectivity index (χ1n) is 9.83. The predicted octanol–water partition coefficient (Wildman–Crippen LogP) is 2.22. The van der Waals surface area contributed by atoms with Gasteiger partial charge in [-0.15, -0.1) is 10.2 Å². The maximum Gasteiger partial charge on any atom is 0.326 e. The molecule has 11 nitrogen and oxygen atoms in total. The number of hydrogen-bond acceptors (Lipinski definition) is 9. The molecular weight excluding hydrogens is 436 g/mol. The van der Waals surface area contributed by atoms with E-state index in [2.05, 4.69) is 10.2 Å². The predicted molar refractivity (Wildman–Crippen MR) is 119 cm³/mol. The van der Waals surface area contributed by atoms with Crippen molar-refractivity contribution in [2.75, 3.05) is 33.7 Å². The Labute approximate surface area is 190 Å². The normalized spacial score (nSPS) is 11.5. The number of esters is 1. The van der Waals surface area contributed by atoms with Crippen LogP contribution in [0, 0.1) is 10.1 Å². The molecule has 2 rings (SSSR count). The van der Waals surface area contributed by atoms with E-state index in [1.165, 1.54) is 29.4 Å². The summed E-state index contributed by atoms with van der Waals surface area (Å²) in [7, 11) is 5.42. The molecule has 1 aromatic heterocycles. The van der Waals surface area contributed by atoms with Crippen LogP contribution in [0.1, 0.15) is 31.1 Å². The van der Waals surface area contributed by atoms with E-state index in [-0.39, 0.29) is 24.3 Å². The third-order valence-electron chi connectivity index (χ3n) is 4.12. The molecule has 174 valence electrons. The van der Waals surface area contributed by atoms with Crippen LogP contribution in [0.3, 0.4) is 0 Å². The molecule has 1 heterocycles. The molecule has 0 atom stereocenters. The van der Waals surface area contributed by atoms with Crippen molar-refractivity contribution in [2.45, 2.75) is 36.4 Å². The third kappa shape index (κ3) is 7.31. The second kappa shape index (κ2) is 10.6. The number of likely N-dealkylation sites (N-methyl/N-ethyl adjacent to an activating group) is 1. The highest BCUT2D eigenvalue weighted by atomic mass is 32.2. The zero-order chi connectivity index (χ0) is 24.1. The van der Waals surface area contributed by atoms with Crippen LogP contribution in [-0.4, -0.2) is 80.7 Å². The van der Waals surface area contributed by atoms with Crippen molar-refractivity contribution in [1.29, 1.82) is 0 Å². The standard InChI is InChI=1S/C20H28N6O5S/c1-20(2,3)31-17(27)12-25(10-9-23(4)5)18(28)14-7-8-16(15(11-14)26(29)30)32-19-22-21-13-24(19)6/h7-8,11,13H,9-10,12H2,1-6H3. The summed E-state index contributed by atoms with van der Waals surface area (Å²) in [6.07, 6.45) is 1.49. The lowest BCUT2D eigenvalue weighted by atomic mass is 10.1. The molecule has 0 spiro atoms. The highest BCUT2D eigenvalue weighted by Gasteiger charge is 2.26. The van der Waals surface area contributed by atoms with Crippen molar-refractivity contribution in [3.8, 4) is 0 Å². The Bertz CT molecular complexity index is 985. The summed E-state index contributed by atoms with van der Waals surface area (Å²) in [5, 5.41) is 19.8. The maximum absolute atomic E-state index is 13.2. The van der Waals surface area contributed by atoms with E-state index >= 15 is 0 Å². The first-order chi connectivity index (χ1) is 14.9. The first kappa shape index (κ1) is 25.3. The van der Waals surface area contributed by atoms with Crippen molar-refractivity contribution in [3.63, 3.8) is 0 Å². The van der Waals surface area contributed by atoms with Gasteiger partial charge in [0.15, 0.2) is 5.16 Å². The number of nitro benzene ring substituents is 1. The number of amides is 1. The van der Waals surface area contributed by atoms with Crippen LogP contribution in [0.5, 0.6) is 0 Å². The molecular formula is C20H28N6O5S. The van der Waals surface area contributed by atoms with E-state index in [1.807, 2.05) is 19.0 Å². The van der Waals surface area contributed by atoms with E-state index in [1.54, 1.807) is 32.4 Å². The Kier molecular flexibility index (Phi) is 8.33. The monoisotopic (exact) mass is 464 g/mol. The number of benzene rings is 1. The summed E-state index contributed by atoms with van der Waals surface area (Å²) in [5.41, 5.74) is -0.805. The number of aromatic nitrogens is 3. The molecule has 1 aromatic carbocycles. The summed E-state index contributed by atoms with van der Waals surface area (Å²) >= 11 is 1.08. The Morgan fingerprint density at radius 2 is 1.94 bits per heavy atom. The number of nitrogens with zero attached hydrogens (tertiary/aromatic N) is 6. The number of rotatable bonds is 9. The van der Waals surface area contributed by atoms with Crippen molar-refractivity contribution in [1.82, 2.24) is 24.6 Å². The van der Waals surface area contributed by atoms with Gasteiger partial charge in [0, 0.05) is 31.8 Å². The van der Waals surface area contributed by atoms with Gasteiger partial charge in [0.05, 0.1) is 9.82 Å². The average molecular weight is 465 g/mol. The van der Waals surface area contributed by atoms with Gasteiger partial charge in [-0.05, 0) is 58.8 Å². The zero-order valence-corrected chi connectivity index (χ0v) is 19.9. The molecule has 0 radical (unpaired) electrons. The zero-order valence-electron chi connectivity index (χ0n) is 19.1. The van der Waals surface area contributed by atoms with Crippen molar-refractivity contribution >= 4 is 29.3 Å². The smallest absolute Gasteiger partial charge is 0.326 e. The fraction of sp³-hybridized carbons (Fsp3) is 0.500. The number of carbonyl (C=O) groups is 2. The van der Waals surface area contributed by atoms with Gasteiger partial charge >= 0.3 is 5.97 Å². The topological polar surface area (TPSA) is 124 Å².